The fraction of sp³-hybridized carbons (Fsp3) is 0.750. The van der Waals surface area contributed by atoms with Gasteiger partial charge in [0.05, 0.1) is 0 Å². The Morgan fingerprint density at radius 1 is 1.75 bits per heavy atom. The molecule has 1 rings (SSSR count). The number of aliphatic hydroxyl groups excluding tert-OH is 1. The third kappa shape index (κ3) is 1.56. The van der Waals surface area contributed by atoms with Gasteiger partial charge in [-0.2, -0.15) is 5.26 Å². The Labute approximate surface area is 70.7 Å². The summed E-state index contributed by atoms with van der Waals surface area (Å²) in [4.78, 5) is 10.9. The van der Waals surface area contributed by atoms with Gasteiger partial charge in [-0.15, -0.1) is 0 Å². The number of ether oxygens (including phenoxy) is 1. The molecule has 1 atom stereocenters. The average Bonchev–Trinajstić information content (AvgIpc) is 1.96. The summed E-state index contributed by atoms with van der Waals surface area (Å²) in [5.41, 5.74) is -0.936. The molecule has 1 fully saturated rings. The highest BCUT2D eigenvalue weighted by molar-refractivity contribution is 5.74. The fourth-order valence-electron chi connectivity index (χ4n) is 1.01. The van der Waals surface area contributed by atoms with E-state index in [0.29, 0.717) is 12.8 Å². The molecule has 0 aromatic carbocycles. The Morgan fingerprint density at radius 2 is 2.33 bits per heavy atom. The highest BCUT2D eigenvalue weighted by Crippen LogP contribution is 2.35. The van der Waals surface area contributed by atoms with E-state index in [-0.39, 0.29) is 0 Å². The molecule has 0 radical (unpaired) electrons. The Kier molecular flexibility index (Phi) is 2.34. The summed E-state index contributed by atoms with van der Waals surface area (Å²) in [7, 11) is 0. The van der Waals surface area contributed by atoms with Crippen molar-refractivity contribution >= 4 is 5.97 Å². The maximum Gasteiger partial charge on any atom is 0.336 e. The van der Waals surface area contributed by atoms with Crippen LogP contribution in [0.25, 0.3) is 0 Å². The van der Waals surface area contributed by atoms with E-state index in [4.69, 9.17) is 15.1 Å². The van der Waals surface area contributed by atoms with Gasteiger partial charge in [0.25, 0.3) is 0 Å². The van der Waals surface area contributed by atoms with Crippen molar-refractivity contribution in [1.29, 1.82) is 5.26 Å². The summed E-state index contributed by atoms with van der Waals surface area (Å²) in [6.45, 7) is 1.33. The molecule has 0 heterocycles. The van der Waals surface area contributed by atoms with Gasteiger partial charge in [-0.05, 0) is 13.3 Å². The van der Waals surface area contributed by atoms with Crippen LogP contribution in [0.1, 0.15) is 26.2 Å². The van der Waals surface area contributed by atoms with Crippen molar-refractivity contribution in [1.82, 2.24) is 0 Å². The summed E-state index contributed by atoms with van der Waals surface area (Å²) in [6, 6.07) is 1.95. The van der Waals surface area contributed by atoms with Crippen LogP contribution in [0.15, 0.2) is 0 Å². The number of carbonyl (C=O) groups excluding carboxylic acids is 1. The molecule has 66 valence electrons. The molecule has 0 unspecified atom stereocenters. The first kappa shape index (κ1) is 9.01. The minimum absolute atomic E-state index is 0.585. The average molecular weight is 169 g/mol. The van der Waals surface area contributed by atoms with Gasteiger partial charge < -0.3 is 9.84 Å². The van der Waals surface area contributed by atoms with Crippen LogP contribution in [0.5, 0.6) is 0 Å². The van der Waals surface area contributed by atoms with Crippen molar-refractivity contribution in [3.05, 3.63) is 0 Å². The molecule has 4 heteroatoms. The molecule has 1 N–H and O–H groups in total. The smallest absolute Gasteiger partial charge is 0.336 e. The maximum absolute atomic E-state index is 10.9. The van der Waals surface area contributed by atoms with E-state index in [1.165, 1.54) is 6.92 Å². The summed E-state index contributed by atoms with van der Waals surface area (Å²) < 4.78 is 4.83. The summed E-state index contributed by atoms with van der Waals surface area (Å²) >= 11 is 0. The highest BCUT2D eigenvalue weighted by atomic mass is 16.6. The largest absolute Gasteiger partial charge is 0.442 e. The molecule has 12 heavy (non-hydrogen) atoms. The molecule has 0 amide bonds. The predicted octanol–water partition coefficient (Wildman–Crippen LogP) is 0.357. The van der Waals surface area contributed by atoms with Crippen LogP contribution in [0.2, 0.25) is 0 Å². The monoisotopic (exact) mass is 169 g/mol. The first-order valence-electron chi connectivity index (χ1n) is 3.92. The number of carbonyl (C=O) groups is 1. The molecule has 1 aliphatic carbocycles. The number of esters is 1. The number of nitriles is 1. The molecule has 0 spiro atoms. The highest BCUT2D eigenvalue weighted by Gasteiger charge is 2.41. The van der Waals surface area contributed by atoms with Crippen molar-refractivity contribution in [2.24, 2.45) is 0 Å². The van der Waals surface area contributed by atoms with Gasteiger partial charge in [-0.25, -0.2) is 4.79 Å². The number of hydrogen-bond donors (Lipinski definition) is 1. The molecule has 0 aliphatic heterocycles. The normalized spacial score (nSPS) is 21.8. The van der Waals surface area contributed by atoms with Gasteiger partial charge in [-0.3, -0.25) is 0 Å². The fourth-order valence-corrected chi connectivity index (χ4v) is 1.01. The van der Waals surface area contributed by atoms with Crippen LogP contribution in [0.3, 0.4) is 0 Å². The Hall–Kier alpha value is -1.08. The Morgan fingerprint density at radius 3 is 2.58 bits per heavy atom. The SMILES string of the molecule is C[C@H](O)C(=O)OC1(C#N)CCC1. The first-order chi connectivity index (χ1) is 5.59. The van der Waals surface area contributed by atoms with E-state index in [1.807, 2.05) is 6.07 Å². The van der Waals surface area contributed by atoms with E-state index < -0.39 is 17.7 Å². The third-order valence-corrected chi connectivity index (χ3v) is 2.00. The van der Waals surface area contributed by atoms with Crippen molar-refractivity contribution in [3.8, 4) is 6.07 Å². The van der Waals surface area contributed by atoms with E-state index in [1.54, 1.807) is 0 Å². The summed E-state index contributed by atoms with van der Waals surface area (Å²) in [5, 5.41) is 17.5. The van der Waals surface area contributed by atoms with Crippen LogP contribution in [0, 0.1) is 11.3 Å². The molecule has 1 saturated carbocycles. The molecule has 0 aromatic heterocycles. The van der Waals surface area contributed by atoms with Gasteiger partial charge in [0, 0.05) is 12.8 Å². The van der Waals surface area contributed by atoms with Crippen molar-refractivity contribution in [2.45, 2.75) is 37.9 Å². The number of aliphatic hydroxyl groups is 1. The van der Waals surface area contributed by atoms with E-state index in [0.717, 1.165) is 6.42 Å². The predicted molar refractivity (Wildman–Crippen MR) is 40.0 cm³/mol. The Bertz CT molecular complexity index is 225. The lowest BCUT2D eigenvalue weighted by Crippen LogP contribution is -2.42. The van der Waals surface area contributed by atoms with Gasteiger partial charge in [0.1, 0.15) is 12.2 Å². The minimum Gasteiger partial charge on any atom is -0.442 e. The van der Waals surface area contributed by atoms with E-state index in [9.17, 15) is 4.79 Å². The zero-order chi connectivity index (χ0) is 9.19. The van der Waals surface area contributed by atoms with Gasteiger partial charge >= 0.3 is 5.97 Å². The zero-order valence-corrected chi connectivity index (χ0v) is 6.91. The Balaban J connectivity index is 2.50. The van der Waals surface area contributed by atoms with Gasteiger partial charge in [-0.1, -0.05) is 0 Å². The van der Waals surface area contributed by atoms with Crippen LogP contribution in [0.4, 0.5) is 0 Å². The maximum atomic E-state index is 10.9. The number of hydrogen-bond acceptors (Lipinski definition) is 4. The first-order valence-corrected chi connectivity index (χ1v) is 3.92. The lowest BCUT2D eigenvalue weighted by molar-refractivity contribution is -0.170. The summed E-state index contributed by atoms with van der Waals surface area (Å²) in [5.74, 6) is -0.712. The second kappa shape index (κ2) is 3.11. The second-order valence-electron chi connectivity index (χ2n) is 3.06. The minimum atomic E-state index is -1.14. The van der Waals surface area contributed by atoms with Crippen LogP contribution in [-0.2, 0) is 9.53 Å². The quantitative estimate of drug-likeness (QED) is 0.606. The topological polar surface area (TPSA) is 70.3 Å². The van der Waals surface area contributed by atoms with Gasteiger partial charge in [0.2, 0.25) is 0 Å². The summed E-state index contributed by atoms with van der Waals surface area (Å²) in [6.07, 6.45) is 0.931. The second-order valence-corrected chi connectivity index (χ2v) is 3.06. The molecule has 4 nitrogen and oxygen atoms in total. The van der Waals surface area contributed by atoms with Crippen LogP contribution < -0.4 is 0 Å². The van der Waals surface area contributed by atoms with Crippen molar-refractivity contribution in [2.75, 3.05) is 0 Å². The molecule has 0 bridgehead atoms. The molecule has 0 aromatic rings. The standard InChI is InChI=1S/C8H11NO3/c1-6(10)7(11)12-8(5-9)3-2-4-8/h6,10H,2-4H2,1H3/t6-/m0/s1. The van der Waals surface area contributed by atoms with Crippen molar-refractivity contribution in [3.63, 3.8) is 0 Å². The molecule has 0 saturated heterocycles. The van der Waals surface area contributed by atoms with E-state index in [2.05, 4.69) is 0 Å². The molecular weight excluding hydrogens is 158 g/mol. The third-order valence-electron chi connectivity index (χ3n) is 2.00. The zero-order valence-electron chi connectivity index (χ0n) is 6.91. The number of nitrogens with zero attached hydrogens (tertiary/aromatic N) is 1. The van der Waals surface area contributed by atoms with Gasteiger partial charge in [0.15, 0.2) is 5.60 Å². The molecular formula is C8H11NO3. The molecule has 1 aliphatic rings. The number of rotatable bonds is 2. The lowest BCUT2D eigenvalue weighted by atomic mass is 9.81. The van der Waals surface area contributed by atoms with Crippen molar-refractivity contribution < 1.29 is 14.6 Å². The van der Waals surface area contributed by atoms with Crippen LogP contribution in [-0.4, -0.2) is 22.8 Å². The van der Waals surface area contributed by atoms with Crippen LogP contribution >= 0.6 is 0 Å². The van der Waals surface area contributed by atoms with E-state index >= 15 is 0 Å². The lowest BCUT2D eigenvalue weighted by Gasteiger charge is -2.34.